The largest absolute Gasteiger partial charge is 0.310 e. The predicted octanol–water partition coefficient (Wildman–Crippen LogP) is -0.203. The molecule has 1 N–H and O–H groups in total. The van der Waals surface area contributed by atoms with Crippen LogP contribution in [0.15, 0.2) is 0 Å². The van der Waals surface area contributed by atoms with Crippen LogP contribution in [0.4, 0.5) is 0 Å². The number of hydrogen-bond acceptors (Lipinski definition) is 5. The van der Waals surface area contributed by atoms with E-state index in [0.29, 0.717) is 24.8 Å². The number of nitrogens with zero attached hydrogens (tertiary/aromatic N) is 4. The summed E-state index contributed by atoms with van der Waals surface area (Å²) in [5.41, 5.74) is 0. The topological polar surface area (TPSA) is 72.7 Å². The van der Waals surface area contributed by atoms with Crippen molar-refractivity contribution < 1.29 is 4.21 Å². The van der Waals surface area contributed by atoms with E-state index in [-0.39, 0.29) is 0 Å². The third-order valence-corrected chi connectivity index (χ3v) is 2.79. The van der Waals surface area contributed by atoms with Crippen LogP contribution in [0.5, 0.6) is 0 Å². The molecule has 6 nitrogen and oxygen atoms in total. The van der Waals surface area contributed by atoms with Crippen LogP contribution in [0.25, 0.3) is 0 Å². The van der Waals surface area contributed by atoms with Crippen LogP contribution in [0.3, 0.4) is 0 Å². The van der Waals surface area contributed by atoms with Crippen molar-refractivity contribution in [3.05, 3.63) is 5.82 Å². The number of aryl methyl sites for hydroxylation is 1. The first-order chi connectivity index (χ1) is 7.59. The molecular weight excluding hydrogens is 226 g/mol. The Morgan fingerprint density at radius 3 is 2.88 bits per heavy atom. The Hall–Kier alpha value is -0.820. The van der Waals surface area contributed by atoms with Crippen molar-refractivity contribution in [3.63, 3.8) is 0 Å². The van der Waals surface area contributed by atoms with E-state index in [1.165, 1.54) is 0 Å². The van der Waals surface area contributed by atoms with Gasteiger partial charge < -0.3 is 5.32 Å². The van der Waals surface area contributed by atoms with Crippen molar-refractivity contribution >= 4 is 10.8 Å². The van der Waals surface area contributed by atoms with Gasteiger partial charge in [0.2, 0.25) is 0 Å². The van der Waals surface area contributed by atoms with Crippen molar-refractivity contribution in [1.82, 2.24) is 25.5 Å². The van der Waals surface area contributed by atoms with Gasteiger partial charge in [0.25, 0.3) is 0 Å². The van der Waals surface area contributed by atoms with Crippen molar-refractivity contribution in [3.8, 4) is 0 Å². The fourth-order valence-electron chi connectivity index (χ4n) is 1.21. The molecule has 0 radical (unpaired) electrons. The first-order valence-electron chi connectivity index (χ1n) is 5.35. The maximum Gasteiger partial charge on any atom is 0.165 e. The van der Waals surface area contributed by atoms with Gasteiger partial charge in [0.05, 0.1) is 13.1 Å². The number of tetrazole rings is 1. The second kappa shape index (κ2) is 6.70. The van der Waals surface area contributed by atoms with E-state index in [0.717, 1.165) is 12.4 Å². The first-order valence-corrected chi connectivity index (χ1v) is 7.08. The van der Waals surface area contributed by atoms with Gasteiger partial charge in [-0.3, -0.25) is 4.21 Å². The van der Waals surface area contributed by atoms with Crippen LogP contribution in [0.2, 0.25) is 0 Å². The van der Waals surface area contributed by atoms with E-state index in [1.54, 1.807) is 10.9 Å². The Morgan fingerprint density at radius 2 is 2.25 bits per heavy atom. The van der Waals surface area contributed by atoms with Gasteiger partial charge >= 0.3 is 0 Å². The third kappa shape index (κ3) is 4.80. The Bertz CT molecular complexity index is 338. The van der Waals surface area contributed by atoms with Crippen LogP contribution in [0, 0.1) is 5.92 Å². The summed E-state index contributed by atoms with van der Waals surface area (Å²) < 4.78 is 12.7. The summed E-state index contributed by atoms with van der Waals surface area (Å²) in [6, 6.07) is 0. The molecule has 1 aromatic heterocycles. The highest BCUT2D eigenvalue weighted by molar-refractivity contribution is 7.84. The molecule has 0 spiro atoms. The number of rotatable bonds is 7. The monoisotopic (exact) mass is 245 g/mol. The fraction of sp³-hybridized carbons (Fsp3) is 0.889. The molecule has 1 rings (SSSR count). The van der Waals surface area contributed by atoms with Crippen LogP contribution < -0.4 is 5.32 Å². The molecule has 0 aromatic carbocycles. The quantitative estimate of drug-likeness (QED) is 0.720. The maximum absolute atomic E-state index is 11.0. The van der Waals surface area contributed by atoms with Gasteiger partial charge in [-0.15, -0.1) is 5.10 Å². The average Bonchev–Trinajstić information content (AvgIpc) is 2.62. The maximum atomic E-state index is 11.0. The molecule has 0 fully saturated rings. The van der Waals surface area contributed by atoms with Crippen molar-refractivity contribution in [2.75, 3.05) is 18.6 Å². The SMILES string of the molecule is CC(C)CNCc1nnnn1CCS(C)=O. The predicted molar refractivity (Wildman–Crippen MR) is 63.3 cm³/mol. The number of aromatic nitrogens is 4. The normalized spacial score (nSPS) is 13.2. The van der Waals surface area contributed by atoms with Gasteiger partial charge in [0.1, 0.15) is 0 Å². The summed E-state index contributed by atoms with van der Waals surface area (Å²) in [7, 11) is -0.808. The molecule has 0 aliphatic rings. The smallest absolute Gasteiger partial charge is 0.165 e. The molecule has 0 saturated carbocycles. The van der Waals surface area contributed by atoms with Crippen molar-refractivity contribution in [1.29, 1.82) is 0 Å². The van der Waals surface area contributed by atoms with Gasteiger partial charge in [0.15, 0.2) is 5.82 Å². The third-order valence-electron chi connectivity index (χ3n) is 2.03. The molecule has 1 aromatic rings. The van der Waals surface area contributed by atoms with E-state index in [4.69, 9.17) is 0 Å². The molecule has 0 aliphatic heterocycles. The van der Waals surface area contributed by atoms with E-state index in [1.807, 2.05) is 0 Å². The molecule has 1 unspecified atom stereocenters. The molecule has 7 heteroatoms. The second-order valence-electron chi connectivity index (χ2n) is 4.12. The molecule has 92 valence electrons. The number of nitrogens with one attached hydrogen (secondary N) is 1. The molecule has 0 amide bonds. The van der Waals surface area contributed by atoms with Crippen LogP contribution in [0.1, 0.15) is 19.7 Å². The van der Waals surface area contributed by atoms with Crippen molar-refractivity contribution in [2.24, 2.45) is 5.92 Å². The van der Waals surface area contributed by atoms with E-state index in [2.05, 4.69) is 34.7 Å². The summed E-state index contributed by atoms with van der Waals surface area (Å²) in [5, 5.41) is 14.7. The Balaban J connectivity index is 2.40. The van der Waals surface area contributed by atoms with Gasteiger partial charge in [-0.25, -0.2) is 4.68 Å². The lowest BCUT2D eigenvalue weighted by Gasteiger charge is -2.07. The zero-order chi connectivity index (χ0) is 12.0. The first kappa shape index (κ1) is 13.2. The Morgan fingerprint density at radius 1 is 1.50 bits per heavy atom. The van der Waals surface area contributed by atoms with Gasteiger partial charge in [-0.05, 0) is 22.9 Å². The standard InChI is InChI=1S/C9H19N5OS/c1-8(2)6-10-7-9-11-12-13-14(9)4-5-16(3)15/h8,10H,4-7H2,1-3H3. The Labute approximate surface area is 98.3 Å². The molecule has 16 heavy (non-hydrogen) atoms. The van der Waals surface area contributed by atoms with Crippen LogP contribution in [-0.4, -0.2) is 43.0 Å². The minimum Gasteiger partial charge on any atom is -0.310 e. The van der Waals surface area contributed by atoms with E-state index >= 15 is 0 Å². The molecule has 0 bridgehead atoms. The molecule has 0 saturated heterocycles. The molecule has 1 heterocycles. The summed E-state index contributed by atoms with van der Waals surface area (Å²) >= 11 is 0. The van der Waals surface area contributed by atoms with Gasteiger partial charge in [-0.1, -0.05) is 13.8 Å². The summed E-state index contributed by atoms with van der Waals surface area (Å²) in [6.07, 6.45) is 1.68. The second-order valence-corrected chi connectivity index (χ2v) is 5.67. The van der Waals surface area contributed by atoms with Crippen molar-refractivity contribution in [2.45, 2.75) is 26.9 Å². The van der Waals surface area contributed by atoms with Crippen LogP contribution in [-0.2, 0) is 23.9 Å². The lowest BCUT2D eigenvalue weighted by atomic mass is 10.2. The van der Waals surface area contributed by atoms with Gasteiger partial charge in [0, 0.05) is 22.8 Å². The highest BCUT2D eigenvalue weighted by atomic mass is 32.2. The van der Waals surface area contributed by atoms with E-state index < -0.39 is 10.8 Å². The summed E-state index contributed by atoms with van der Waals surface area (Å²) in [6.45, 7) is 6.50. The van der Waals surface area contributed by atoms with E-state index in [9.17, 15) is 4.21 Å². The molecular formula is C9H19N5OS. The minimum atomic E-state index is -0.808. The highest BCUT2D eigenvalue weighted by Crippen LogP contribution is 1.94. The lowest BCUT2D eigenvalue weighted by molar-refractivity contribution is 0.519. The minimum absolute atomic E-state index is 0.586. The van der Waals surface area contributed by atoms with Gasteiger partial charge in [-0.2, -0.15) is 0 Å². The lowest BCUT2D eigenvalue weighted by Crippen LogP contribution is -2.22. The number of hydrogen-bond donors (Lipinski definition) is 1. The average molecular weight is 245 g/mol. The van der Waals surface area contributed by atoms with Crippen LogP contribution >= 0.6 is 0 Å². The molecule has 1 atom stereocenters. The molecule has 0 aliphatic carbocycles. The fourth-order valence-corrected chi connectivity index (χ4v) is 1.64. The summed E-state index contributed by atoms with van der Waals surface area (Å²) in [5.74, 6) is 1.99. The highest BCUT2D eigenvalue weighted by Gasteiger charge is 2.06. The zero-order valence-corrected chi connectivity index (χ0v) is 10.8. The zero-order valence-electron chi connectivity index (χ0n) is 10.0. The summed E-state index contributed by atoms with van der Waals surface area (Å²) in [4.78, 5) is 0. The Kier molecular flexibility index (Phi) is 5.54.